The van der Waals surface area contributed by atoms with Crippen molar-refractivity contribution < 1.29 is 9.84 Å². The summed E-state index contributed by atoms with van der Waals surface area (Å²) in [6.07, 6.45) is 0.573. The molecule has 3 heteroatoms. The van der Waals surface area contributed by atoms with Gasteiger partial charge in [0.15, 0.2) is 0 Å². The van der Waals surface area contributed by atoms with E-state index < -0.39 is 6.10 Å². The summed E-state index contributed by atoms with van der Waals surface area (Å²) in [5, 5.41) is 10.1. The molecule has 20 heavy (non-hydrogen) atoms. The van der Waals surface area contributed by atoms with Gasteiger partial charge in [-0.25, -0.2) is 0 Å². The molecule has 0 saturated heterocycles. The highest BCUT2D eigenvalue weighted by atomic mass is 16.5. The average molecular weight is 269 g/mol. The summed E-state index contributed by atoms with van der Waals surface area (Å²) < 4.78 is 5.59. The van der Waals surface area contributed by atoms with Crippen LogP contribution in [0.1, 0.15) is 5.56 Å². The quantitative estimate of drug-likeness (QED) is 0.905. The Bertz CT molecular complexity index is 556. The molecule has 1 aliphatic heterocycles. The standard InChI is InChI=1S/C17H19NO2/c19-15(13-20-16-7-2-1-3-8-16)12-18-11-10-14-6-4-5-9-17(14)18/h1-9,15,19H,10-13H2. The monoisotopic (exact) mass is 269 g/mol. The molecule has 1 N–H and O–H groups in total. The number of β-amino-alcohol motifs (C(OH)–C–C–N with tert-alkyl or cyclic N) is 1. The molecule has 0 radical (unpaired) electrons. The number of fused-ring (bicyclic) bond motifs is 1. The van der Waals surface area contributed by atoms with Gasteiger partial charge in [-0.15, -0.1) is 0 Å². The van der Waals surface area contributed by atoms with Crippen molar-refractivity contribution in [1.82, 2.24) is 0 Å². The Kier molecular flexibility index (Phi) is 3.88. The highest BCUT2D eigenvalue weighted by molar-refractivity contribution is 5.57. The van der Waals surface area contributed by atoms with Crippen LogP contribution in [0.25, 0.3) is 0 Å². The minimum atomic E-state index is -0.485. The molecule has 3 rings (SSSR count). The first-order chi connectivity index (χ1) is 9.83. The van der Waals surface area contributed by atoms with Crippen molar-refractivity contribution in [2.75, 3.05) is 24.6 Å². The van der Waals surface area contributed by atoms with Crippen LogP contribution in [0.5, 0.6) is 5.75 Å². The topological polar surface area (TPSA) is 32.7 Å². The summed E-state index contributed by atoms with van der Waals surface area (Å²) >= 11 is 0. The van der Waals surface area contributed by atoms with Crippen LogP contribution in [-0.2, 0) is 6.42 Å². The fourth-order valence-electron chi connectivity index (χ4n) is 2.61. The maximum absolute atomic E-state index is 10.1. The van der Waals surface area contributed by atoms with Gasteiger partial charge in [-0.3, -0.25) is 0 Å². The number of anilines is 1. The molecular weight excluding hydrogens is 250 g/mol. The number of hydrogen-bond donors (Lipinski definition) is 1. The second-order valence-corrected chi connectivity index (χ2v) is 5.10. The molecule has 1 unspecified atom stereocenters. The van der Waals surface area contributed by atoms with Crippen LogP contribution in [0.3, 0.4) is 0 Å². The van der Waals surface area contributed by atoms with Gasteiger partial charge >= 0.3 is 0 Å². The summed E-state index contributed by atoms with van der Waals surface area (Å²) in [6, 6.07) is 18.0. The maximum Gasteiger partial charge on any atom is 0.119 e. The van der Waals surface area contributed by atoms with Crippen molar-refractivity contribution in [2.45, 2.75) is 12.5 Å². The number of aliphatic hydroxyl groups excluding tert-OH is 1. The molecule has 1 atom stereocenters. The number of nitrogens with zero attached hydrogens (tertiary/aromatic N) is 1. The van der Waals surface area contributed by atoms with Crippen molar-refractivity contribution in [1.29, 1.82) is 0 Å². The zero-order valence-electron chi connectivity index (χ0n) is 11.4. The SMILES string of the molecule is OC(COc1ccccc1)CN1CCc2ccccc21. The largest absolute Gasteiger partial charge is 0.491 e. The highest BCUT2D eigenvalue weighted by Gasteiger charge is 2.20. The number of benzene rings is 2. The lowest BCUT2D eigenvalue weighted by molar-refractivity contribution is 0.112. The van der Waals surface area contributed by atoms with E-state index in [0.29, 0.717) is 13.2 Å². The van der Waals surface area contributed by atoms with Crippen LogP contribution < -0.4 is 9.64 Å². The van der Waals surface area contributed by atoms with E-state index in [0.717, 1.165) is 18.7 Å². The summed E-state index contributed by atoms with van der Waals surface area (Å²) in [5.41, 5.74) is 2.61. The Hall–Kier alpha value is -2.00. The number of rotatable bonds is 5. The van der Waals surface area contributed by atoms with Gasteiger partial charge in [0.25, 0.3) is 0 Å². The molecule has 2 aromatic rings. The van der Waals surface area contributed by atoms with Crippen LogP contribution in [0.4, 0.5) is 5.69 Å². The molecule has 0 amide bonds. The molecule has 0 aromatic heterocycles. The smallest absolute Gasteiger partial charge is 0.119 e. The molecule has 0 bridgehead atoms. The maximum atomic E-state index is 10.1. The third kappa shape index (κ3) is 2.94. The summed E-state index contributed by atoms with van der Waals surface area (Å²) in [7, 11) is 0. The summed E-state index contributed by atoms with van der Waals surface area (Å²) in [5.74, 6) is 0.799. The minimum absolute atomic E-state index is 0.322. The third-order valence-corrected chi connectivity index (χ3v) is 3.60. The van der Waals surface area contributed by atoms with Crippen molar-refractivity contribution in [3.63, 3.8) is 0 Å². The van der Waals surface area contributed by atoms with Crippen LogP contribution in [0.2, 0.25) is 0 Å². The molecule has 1 heterocycles. The van der Waals surface area contributed by atoms with Gasteiger partial charge in [-0.2, -0.15) is 0 Å². The van der Waals surface area contributed by atoms with E-state index in [1.165, 1.54) is 11.3 Å². The molecule has 0 aliphatic carbocycles. The second kappa shape index (κ2) is 5.97. The molecule has 0 saturated carbocycles. The van der Waals surface area contributed by atoms with E-state index in [1.807, 2.05) is 36.4 Å². The average Bonchev–Trinajstić information content (AvgIpc) is 2.90. The Morgan fingerprint density at radius 3 is 2.65 bits per heavy atom. The number of ether oxygens (including phenoxy) is 1. The van der Waals surface area contributed by atoms with Gasteiger partial charge in [0.05, 0.1) is 0 Å². The van der Waals surface area contributed by atoms with Gasteiger partial charge in [-0.1, -0.05) is 36.4 Å². The van der Waals surface area contributed by atoms with Crippen molar-refractivity contribution in [3.8, 4) is 5.75 Å². The Morgan fingerprint density at radius 1 is 1.05 bits per heavy atom. The number of aliphatic hydroxyl groups is 1. The molecule has 3 nitrogen and oxygen atoms in total. The zero-order valence-corrected chi connectivity index (χ0v) is 11.4. The van der Waals surface area contributed by atoms with Crippen LogP contribution in [0.15, 0.2) is 54.6 Å². The van der Waals surface area contributed by atoms with E-state index in [1.54, 1.807) is 0 Å². The van der Waals surface area contributed by atoms with E-state index in [9.17, 15) is 5.11 Å². The minimum Gasteiger partial charge on any atom is -0.491 e. The number of hydrogen-bond acceptors (Lipinski definition) is 3. The van der Waals surface area contributed by atoms with Gasteiger partial charge in [0.2, 0.25) is 0 Å². The van der Waals surface area contributed by atoms with Gasteiger partial charge in [0, 0.05) is 18.8 Å². The third-order valence-electron chi connectivity index (χ3n) is 3.60. The predicted octanol–water partition coefficient (Wildman–Crippen LogP) is 2.49. The Morgan fingerprint density at radius 2 is 1.80 bits per heavy atom. The first kappa shape index (κ1) is 13.0. The van der Waals surface area contributed by atoms with Gasteiger partial charge in [0.1, 0.15) is 18.5 Å². The van der Waals surface area contributed by atoms with Crippen molar-refractivity contribution in [2.24, 2.45) is 0 Å². The van der Waals surface area contributed by atoms with E-state index >= 15 is 0 Å². The number of para-hydroxylation sites is 2. The molecule has 2 aromatic carbocycles. The van der Waals surface area contributed by atoms with Crippen molar-refractivity contribution >= 4 is 5.69 Å². The fraction of sp³-hybridized carbons (Fsp3) is 0.294. The molecule has 104 valence electrons. The normalized spacial score (nSPS) is 14.9. The molecule has 1 aliphatic rings. The van der Waals surface area contributed by atoms with Gasteiger partial charge in [-0.05, 0) is 30.2 Å². The fourth-order valence-corrected chi connectivity index (χ4v) is 2.61. The Balaban J connectivity index is 1.54. The lowest BCUT2D eigenvalue weighted by Gasteiger charge is -2.23. The van der Waals surface area contributed by atoms with Gasteiger partial charge < -0.3 is 14.7 Å². The first-order valence-electron chi connectivity index (χ1n) is 7.02. The molecular formula is C17H19NO2. The van der Waals surface area contributed by atoms with E-state index in [4.69, 9.17) is 4.74 Å². The van der Waals surface area contributed by atoms with E-state index in [-0.39, 0.29) is 0 Å². The lowest BCUT2D eigenvalue weighted by atomic mass is 10.2. The summed E-state index contributed by atoms with van der Waals surface area (Å²) in [4.78, 5) is 2.23. The second-order valence-electron chi connectivity index (χ2n) is 5.10. The van der Waals surface area contributed by atoms with Crippen LogP contribution in [0, 0.1) is 0 Å². The zero-order chi connectivity index (χ0) is 13.8. The van der Waals surface area contributed by atoms with Crippen molar-refractivity contribution in [3.05, 3.63) is 60.2 Å². The first-order valence-corrected chi connectivity index (χ1v) is 7.02. The predicted molar refractivity (Wildman–Crippen MR) is 80.3 cm³/mol. The summed E-state index contributed by atoms with van der Waals surface area (Å²) in [6.45, 7) is 1.91. The van der Waals surface area contributed by atoms with Crippen LogP contribution in [-0.4, -0.2) is 30.9 Å². The molecule has 0 spiro atoms. The van der Waals surface area contributed by atoms with E-state index in [2.05, 4.69) is 23.1 Å². The van der Waals surface area contributed by atoms with Crippen LogP contribution >= 0.6 is 0 Å². The molecule has 0 fully saturated rings. The lowest BCUT2D eigenvalue weighted by Crippen LogP contribution is -2.34. The highest BCUT2D eigenvalue weighted by Crippen LogP contribution is 2.27. The Labute approximate surface area is 119 Å².